The van der Waals surface area contributed by atoms with Gasteiger partial charge in [-0.25, -0.2) is 4.68 Å². The van der Waals surface area contributed by atoms with Crippen molar-refractivity contribution in [1.82, 2.24) is 9.78 Å². The zero-order valence-corrected chi connectivity index (χ0v) is 14.0. The van der Waals surface area contributed by atoms with Crippen molar-refractivity contribution >= 4 is 17.4 Å². The molecule has 23 heavy (non-hydrogen) atoms. The average Bonchev–Trinajstić information content (AvgIpc) is 3.10. The Balaban J connectivity index is 1.91. The van der Waals surface area contributed by atoms with Gasteiger partial charge in [-0.3, -0.25) is 0 Å². The molecule has 3 nitrogen and oxygen atoms in total. The van der Waals surface area contributed by atoms with E-state index in [0.717, 1.165) is 40.8 Å². The maximum atomic E-state index is 6.16. The lowest BCUT2D eigenvalue weighted by atomic mass is 10.1. The Morgan fingerprint density at radius 2 is 2.00 bits per heavy atom. The van der Waals surface area contributed by atoms with Gasteiger partial charge in [0.25, 0.3) is 0 Å². The molecule has 4 heteroatoms. The Labute approximate surface area is 140 Å². The minimum atomic E-state index is 0.739. The van der Waals surface area contributed by atoms with E-state index in [2.05, 4.69) is 43.4 Å². The molecule has 3 aromatic rings. The molecule has 0 amide bonds. The van der Waals surface area contributed by atoms with E-state index < -0.39 is 0 Å². The van der Waals surface area contributed by atoms with Gasteiger partial charge in [0.1, 0.15) is 5.82 Å². The molecule has 4 rings (SSSR count). The Morgan fingerprint density at radius 1 is 1.13 bits per heavy atom. The number of halogens is 1. The molecule has 0 radical (unpaired) electrons. The van der Waals surface area contributed by atoms with Gasteiger partial charge < -0.3 is 5.32 Å². The van der Waals surface area contributed by atoms with E-state index in [1.807, 2.05) is 22.9 Å². The molecule has 0 unspecified atom stereocenters. The Hall–Kier alpha value is -2.26. The Kier molecular flexibility index (Phi) is 3.38. The van der Waals surface area contributed by atoms with Crippen LogP contribution in [0.15, 0.2) is 42.5 Å². The van der Waals surface area contributed by atoms with Crippen molar-refractivity contribution < 1.29 is 0 Å². The summed E-state index contributed by atoms with van der Waals surface area (Å²) >= 11 is 6.16. The highest BCUT2D eigenvalue weighted by molar-refractivity contribution is 6.30. The van der Waals surface area contributed by atoms with Gasteiger partial charge in [0.05, 0.1) is 11.4 Å². The molecule has 0 bridgehead atoms. The molecule has 1 N–H and O–H groups in total. The van der Waals surface area contributed by atoms with Crippen LogP contribution >= 0.6 is 11.6 Å². The van der Waals surface area contributed by atoms with Gasteiger partial charge in [-0.05, 0) is 44.0 Å². The summed E-state index contributed by atoms with van der Waals surface area (Å²) in [6.45, 7) is 5.19. The highest BCUT2D eigenvalue weighted by Gasteiger charge is 2.24. The summed E-state index contributed by atoms with van der Waals surface area (Å²) in [7, 11) is 0. The van der Waals surface area contributed by atoms with Gasteiger partial charge in [0.15, 0.2) is 0 Å². The Bertz CT molecular complexity index is 896. The van der Waals surface area contributed by atoms with E-state index in [9.17, 15) is 0 Å². The van der Waals surface area contributed by atoms with Gasteiger partial charge in [-0.15, -0.1) is 0 Å². The van der Waals surface area contributed by atoms with Gasteiger partial charge >= 0.3 is 0 Å². The summed E-state index contributed by atoms with van der Waals surface area (Å²) in [4.78, 5) is 0. The highest BCUT2D eigenvalue weighted by atomic mass is 35.5. The largest absolute Gasteiger partial charge is 0.369 e. The number of anilines is 1. The monoisotopic (exact) mass is 323 g/mol. The van der Waals surface area contributed by atoms with Gasteiger partial charge in [0.2, 0.25) is 0 Å². The lowest BCUT2D eigenvalue weighted by molar-refractivity contribution is 0.874. The summed E-state index contributed by atoms with van der Waals surface area (Å²) in [5, 5.41) is 9.12. The molecule has 1 aliphatic heterocycles. The molecular formula is C19H18ClN3. The van der Waals surface area contributed by atoms with Crippen LogP contribution < -0.4 is 5.32 Å². The fourth-order valence-corrected chi connectivity index (χ4v) is 3.45. The molecule has 0 fully saturated rings. The number of benzene rings is 2. The summed E-state index contributed by atoms with van der Waals surface area (Å²) in [6.07, 6.45) is 0.988. The third kappa shape index (κ3) is 2.41. The fraction of sp³-hybridized carbons (Fsp3) is 0.211. The number of fused-ring (bicyclic) bond motifs is 1. The summed E-state index contributed by atoms with van der Waals surface area (Å²) in [5.74, 6) is 1.10. The van der Waals surface area contributed by atoms with Gasteiger partial charge in [0, 0.05) is 22.7 Å². The van der Waals surface area contributed by atoms with Crippen molar-refractivity contribution in [3.8, 4) is 16.9 Å². The third-order valence-electron chi connectivity index (χ3n) is 4.33. The van der Waals surface area contributed by atoms with Crippen LogP contribution in [-0.4, -0.2) is 16.3 Å². The van der Waals surface area contributed by atoms with Crippen LogP contribution in [0, 0.1) is 13.8 Å². The molecule has 0 aliphatic carbocycles. The van der Waals surface area contributed by atoms with Crippen molar-refractivity contribution in [3.63, 3.8) is 0 Å². The number of aromatic nitrogens is 2. The van der Waals surface area contributed by atoms with Gasteiger partial charge in [-0.1, -0.05) is 41.4 Å². The normalized spacial score (nSPS) is 13.0. The van der Waals surface area contributed by atoms with Crippen LogP contribution in [0.25, 0.3) is 16.9 Å². The van der Waals surface area contributed by atoms with E-state index in [1.165, 1.54) is 16.7 Å². The van der Waals surface area contributed by atoms with Crippen molar-refractivity contribution in [2.24, 2.45) is 0 Å². The maximum absolute atomic E-state index is 6.16. The molecule has 0 saturated heterocycles. The fourth-order valence-electron chi connectivity index (χ4n) is 3.26. The number of nitrogens with one attached hydrogen (secondary N) is 1. The topological polar surface area (TPSA) is 29.9 Å². The maximum Gasteiger partial charge on any atom is 0.133 e. The van der Waals surface area contributed by atoms with E-state index in [4.69, 9.17) is 16.7 Å². The van der Waals surface area contributed by atoms with Crippen molar-refractivity contribution in [2.75, 3.05) is 11.9 Å². The number of hydrogen-bond acceptors (Lipinski definition) is 2. The SMILES string of the molecule is Cc1ccc(-n2nc(-c3cccc(Cl)c3)c3c2NCC3)c(C)c1. The van der Waals surface area contributed by atoms with Crippen LogP contribution in [0.1, 0.15) is 16.7 Å². The zero-order valence-electron chi connectivity index (χ0n) is 13.2. The minimum Gasteiger partial charge on any atom is -0.369 e. The summed E-state index contributed by atoms with van der Waals surface area (Å²) in [5.41, 5.74) is 6.97. The van der Waals surface area contributed by atoms with E-state index in [-0.39, 0.29) is 0 Å². The molecule has 1 aliphatic rings. The minimum absolute atomic E-state index is 0.739. The van der Waals surface area contributed by atoms with E-state index in [1.54, 1.807) is 0 Å². The standard InChI is InChI=1S/C19H18ClN3/c1-12-6-7-17(13(2)10-12)23-19-16(8-9-21-19)18(22-23)14-4-3-5-15(20)11-14/h3-7,10-11,21H,8-9H2,1-2H3. The first-order valence-corrected chi connectivity index (χ1v) is 8.20. The van der Waals surface area contributed by atoms with Crippen LogP contribution in [0.3, 0.4) is 0 Å². The first kappa shape index (κ1) is 14.3. The van der Waals surface area contributed by atoms with Crippen LogP contribution in [0.5, 0.6) is 0 Å². The molecule has 2 heterocycles. The molecule has 0 saturated carbocycles. The second-order valence-corrected chi connectivity index (χ2v) is 6.50. The van der Waals surface area contributed by atoms with Gasteiger partial charge in [-0.2, -0.15) is 5.10 Å². The smallest absolute Gasteiger partial charge is 0.133 e. The average molecular weight is 324 g/mol. The lowest BCUT2D eigenvalue weighted by Gasteiger charge is -2.10. The third-order valence-corrected chi connectivity index (χ3v) is 4.56. The number of hydrogen-bond donors (Lipinski definition) is 1. The molecule has 2 aromatic carbocycles. The molecular weight excluding hydrogens is 306 g/mol. The van der Waals surface area contributed by atoms with Crippen molar-refractivity contribution in [2.45, 2.75) is 20.3 Å². The molecule has 0 atom stereocenters. The molecule has 1 aromatic heterocycles. The van der Waals surface area contributed by atoms with E-state index in [0.29, 0.717) is 0 Å². The second-order valence-electron chi connectivity index (χ2n) is 6.06. The molecule has 116 valence electrons. The van der Waals surface area contributed by atoms with Crippen molar-refractivity contribution in [3.05, 3.63) is 64.2 Å². The first-order chi connectivity index (χ1) is 11.1. The molecule has 0 spiro atoms. The van der Waals surface area contributed by atoms with Crippen LogP contribution in [-0.2, 0) is 6.42 Å². The number of rotatable bonds is 2. The second kappa shape index (κ2) is 5.43. The van der Waals surface area contributed by atoms with Crippen LogP contribution in [0.4, 0.5) is 5.82 Å². The Morgan fingerprint density at radius 3 is 2.78 bits per heavy atom. The summed E-state index contributed by atoms with van der Waals surface area (Å²) in [6, 6.07) is 14.4. The predicted octanol–water partition coefficient (Wildman–Crippen LogP) is 4.78. The number of aryl methyl sites for hydroxylation is 2. The first-order valence-electron chi connectivity index (χ1n) is 7.83. The quantitative estimate of drug-likeness (QED) is 0.735. The van der Waals surface area contributed by atoms with E-state index >= 15 is 0 Å². The predicted molar refractivity (Wildman–Crippen MR) is 95.7 cm³/mol. The van der Waals surface area contributed by atoms with Crippen LogP contribution in [0.2, 0.25) is 5.02 Å². The number of nitrogens with zero attached hydrogens (tertiary/aromatic N) is 2. The highest BCUT2D eigenvalue weighted by Crippen LogP contribution is 2.35. The van der Waals surface area contributed by atoms with Crippen molar-refractivity contribution in [1.29, 1.82) is 0 Å². The summed E-state index contributed by atoms with van der Waals surface area (Å²) < 4.78 is 2.04. The lowest BCUT2D eigenvalue weighted by Crippen LogP contribution is -2.05. The zero-order chi connectivity index (χ0) is 16.0.